The molecule has 21 heavy (non-hydrogen) atoms. The summed E-state index contributed by atoms with van der Waals surface area (Å²) in [5, 5.41) is 0.629. The van der Waals surface area contributed by atoms with Crippen LogP contribution in [0.1, 0.15) is 4.88 Å². The molecular weight excluding hydrogens is 374 g/mol. The normalized spacial score (nSPS) is 12.0. The first-order valence-electron chi connectivity index (χ1n) is 6.06. The van der Waals surface area contributed by atoms with Gasteiger partial charge in [0.1, 0.15) is 4.90 Å². The van der Waals surface area contributed by atoms with Gasteiger partial charge in [-0.05, 0) is 46.3 Å². The van der Waals surface area contributed by atoms with E-state index in [1.54, 1.807) is 18.2 Å². The van der Waals surface area contributed by atoms with Crippen LogP contribution in [0.2, 0.25) is 0 Å². The number of hydrogen-bond donors (Lipinski definition) is 3. The summed E-state index contributed by atoms with van der Waals surface area (Å²) in [6.07, 6.45) is 1.48. The Morgan fingerprint density at radius 2 is 2.10 bits per heavy atom. The minimum absolute atomic E-state index is 0.230. The molecule has 3 rings (SSSR count). The van der Waals surface area contributed by atoms with Crippen LogP contribution in [-0.4, -0.2) is 13.4 Å². The Bertz CT molecular complexity index is 899. The lowest BCUT2D eigenvalue weighted by Gasteiger charge is -2.04. The number of benzene rings is 1. The molecule has 2 heterocycles. The minimum atomic E-state index is -3.58. The van der Waals surface area contributed by atoms with Gasteiger partial charge >= 0.3 is 0 Å². The van der Waals surface area contributed by atoms with E-state index in [1.165, 1.54) is 17.5 Å². The number of hydrogen-bond acceptors (Lipinski definition) is 4. The quantitative estimate of drug-likeness (QED) is 0.603. The number of aromatic nitrogens is 1. The molecule has 0 amide bonds. The van der Waals surface area contributed by atoms with Gasteiger partial charge in [0.2, 0.25) is 10.0 Å². The molecule has 0 atom stereocenters. The number of aromatic amines is 1. The molecule has 0 aliphatic heterocycles. The second-order valence-electron chi connectivity index (χ2n) is 4.49. The third kappa shape index (κ3) is 2.98. The maximum atomic E-state index is 12.4. The molecule has 0 saturated carbocycles. The van der Waals surface area contributed by atoms with Crippen molar-refractivity contribution >= 4 is 53.9 Å². The van der Waals surface area contributed by atoms with E-state index >= 15 is 0 Å². The van der Waals surface area contributed by atoms with Crippen molar-refractivity contribution in [2.24, 2.45) is 0 Å². The Balaban J connectivity index is 1.89. The summed E-state index contributed by atoms with van der Waals surface area (Å²) in [7, 11) is -3.58. The van der Waals surface area contributed by atoms with E-state index in [0.29, 0.717) is 16.6 Å². The number of fused-ring (bicyclic) bond motifs is 1. The summed E-state index contributed by atoms with van der Waals surface area (Å²) >= 11 is 4.85. The van der Waals surface area contributed by atoms with Crippen molar-refractivity contribution in [2.45, 2.75) is 11.4 Å². The van der Waals surface area contributed by atoms with Crippen LogP contribution in [0.5, 0.6) is 0 Å². The predicted molar refractivity (Wildman–Crippen MR) is 88.8 cm³/mol. The molecule has 0 saturated heterocycles. The van der Waals surface area contributed by atoms with E-state index in [0.717, 1.165) is 8.66 Å². The molecule has 2 aromatic heterocycles. The molecular formula is C13H12BrN3O2S2. The van der Waals surface area contributed by atoms with Gasteiger partial charge in [-0.15, -0.1) is 11.3 Å². The van der Waals surface area contributed by atoms with Crippen LogP contribution in [-0.2, 0) is 16.6 Å². The van der Waals surface area contributed by atoms with Crippen molar-refractivity contribution in [3.8, 4) is 0 Å². The fourth-order valence-electron chi connectivity index (χ4n) is 2.03. The van der Waals surface area contributed by atoms with Crippen molar-refractivity contribution in [1.82, 2.24) is 9.71 Å². The van der Waals surface area contributed by atoms with Gasteiger partial charge in [-0.25, -0.2) is 13.1 Å². The number of halogens is 1. The van der Waals surface area contributed by atoms with E-state index in [1.807, 2.05) is 12.1 Å². The van der Waals surface area contributed by atoms with Crippen LogP contribution in [0.3, 0.4) is 0 Å². The highest BCUT2D eigenvalue weighted by Gasteiger charge is 2.19. The van der Waals surface area contributed by atoms with Crippen LogP contribution in [0, 0.1) is 0 Å². The smallest absolute Gasteiger partial charge is 0.243 e. The third-order valence-corrected chi connectivity index (χ3v) is 6.09. The number of thiophene rings is 1. The van der Waals surface area contributed by atoms with Gasteiger partial charge in [-0.1, -0.05) is 0 Å². The van der Waals surface area contributed by atoms with Crippen LogP contribution in [0.4, 0.5) is 5.69 Å². The van der Waals surface area contributed by atoms with Gasteiger partial charge < -0.3 is 10.7 Å². The molecule has 0 aliphatic rings. The second-order valence-corrected chi connectivity index (χ2v) is 8.77. The van der Waals surface area contributed by atoms with Crippen molar-refractivity contribution in [2.75, 3.05) is 5.73 Å². The number of H-pyrrole nitrogens is 1. The first kappa shape index (κ1) is 14.6. The lowest BCUT2D eigenvalue weighted by Crippen LogP contribution is -2.22. The van der Waals surface area contributed by atoms with Gasteiger partial charge in [0.25, 0.3) is 0 Å². The summed E-state index contributed by atoms with van der Waals surface area (Å²) < 4.78 is 28.4. The standard InChI is InChI=1S/C13H12BrN3O2S2/c14-13-4-2-9(20-13)6-17-21(18,19)12-7-16-11-5-8(15)1-3-10(11)12/h1-5,7,16-17H,6,15H2. The summed E-state index contributed by atoms with van der Waals surface area (Å²) in [6.45, 7) is 0.264. The number of nitrogen functional groups attached to an aromatic ring is 1. The molecule has 0 radical (unpaired) electrons. The van der Waals surface area contributed by atoms with Crippen LogP contribution in [0.15, 0.2) is 45.2 Å². The van der Waals surface area contributed by atoms with Crippen molar-refractivity contribution in [3.05, 3.63) is 45.2 Å². The lowest BCUT2D eigenvalue weighted by molar-refractivity contribution is 0.582. The maximum absolute atomic E-state index is 12.4. The van der Waals surface area contributed by atoms with Gasteiger partial charge in [-0.2, -0.15) is 0 Å². The van der Waals surface area contributed by atoms with E-state index < -0.39 is 10.0 Å². The molecule has 1 aromatic carbocycles. The first-order valence-corrected chi connectivity index (χ1v) is 9.15. The average molecular weight is 386 g/mol. The van der Waals surface area contributed by atoms with Crippen molar-refractivity contribution < 1.29 is 8.42 Å². The molecule has 0 aliphatic carbocycles. The Kier molecular flexibility index (Phi) is 3.78. The Hall–Kier alpha value is -1.35. The Morgan fingerprint density at radius 1 is 1.29 bits per heavy atom. The van der Waals surface area contributed by atoms with Crippen LogP contribution < -0.4 is 10.5 Å². The molecule has 8 heteroatoms. The van der Waals surface area contributed by atoms with E-state index in [4.69, 9.17) is 5.73 Å². The zero-order chi connectivity index (χ0) is 15.0. The summed E-state index contributed by atoms with van der Waals surface area (Å²) in [5.41, 5.74) is 6.98. The zero-order valence-corrected chi connectivity index (χ0v) is 14.0. The average Bonchev–Trinajstić information content (AvgIpc) is 3.02. The number of nitrogens with one attached hydrogen (secondary N) is 2. The van der Waals surface area contributed by atoms with E-state index in [2.05, 4.69) is 25.6 Å². The van der Waals surface area contributed by atoms with Gasteiger partial charge in [-0.3, -0.25) is 0 Å². The van der Waals surface area contributed by atoms with E-state index in [9.17, 15) is 8.42 Å². The maximum Gasteiger partial charge on any atom is 0.243 e. The molecule has 4 N–H and O–H groups in total. The highest BCUT2D eigenvalue weighted by Crippen LogP contribution is 2.25. The number of anilines is 1. The topological polar surface area (TPSA) is 88.0 Å². The predicted octanol–water partition coefficient (Wildman–Crippen LogP) is 3.05. The van der Waals surface area contributed by atoms with E-state index in [-0.39, 0.29) is 11.4 Å². The fraction of sp³-hybridized carbons (Fsp3) is 0.0769. The molecule has 0 spiro atoms. The molecule has 3 aromatic rings. The van der Waals surface area contributed by atoms with Crippen molar-refractivity contribution in [1.29, 1.82) is 0 Å². The fourth-order valence-corrected chi connectivity index (χ4v) is 4.73. The van der Waals surface area contributed by atoms with Gasteiger partial charge in [0, 0.05) is 34.2 Å². The van der Waals surface area contributed by atoms with Gasteiger partial charge in [0.05, 0.1) is 3.79 Å². The van der Waals surface area contributed by atoms with Crippen LogP contribution >= 0.6 is 27.3 Å². The Labute approximate surface area is 134 Å². The molecule has 5 nitrogen and oxygen atoms in total. The molecule has 0 bridgehead atoms. The van der Waals surface area contributed by atoms with Crippen LogP contribution in [0.25, 0.3) is 10.9 Å². The highest BCUT2D eigenvalue weighted by molar-refractivity contribution is 9.11. The third-order valence-electron chi connectivity index (χ3n) is 3.02. The monoisotopic (exact) mass is 385 g/mol. The Morgan fingerprint density at radius 3 is 2.81 bits per heavy atom. The largest absolute Gasteiger partial charge is 0.399 e. The molecule has 0 unspecified atom stereocenters. The number of rotatable bonds is 4. The SMILES string of the molecule is Nc1ccc2c(S(=O)(=O)NCc3ccc(Br)s3)c[nH]c2c1. The van der Waals surface area contributed by atoms with Gasteiger partial charge in [0.15, 0.2) is 0 Å². The second kappa shape index (κ2) is 5.45. The minimum Gasteiger partial charge on any atom is -0.399 e. The number of nitrogens with two attached hydrogens (primary N) is 1. The highest BCUT2D eigenvalue weighted by atomic mass is 79.9. The first-order chi connectivity index (χ1) is 9.95. The zero-order valence-electron chi connectivity index (χ0n) is 10.8. The van der Waals surface area contributed by atoms with Crippen molar-refractivity contribution in [3.63, 3.8) is 0 Å². The summed E-state index contributed by atoms with van der Waals surface area (Å²) in [4.78, 5) is 4.10. The summed E-state index contributed by atoms with van der Waals surface area (Å²) in [5.74, 6) is 0. The summed E-state index contributed by atoms with van der Waals surface area (Å²) in [6, 6.07) is 8.88. The lowest BCUT2D eigenvalue weighted by atomic mass is 10.2. The molecule has 110 valence electrons. The molecule has 0 fully saturated rings. The number of sulfonamides is 1.